The third-order valence-corrected chi connectivity index (χ3v) is 1.97. The first-order valence-electron chi connectivity index (χ1n) is 5.33. The second-order valence-electron chi connectivity index (χ2n) is 4.82. The summed E-state index contributed by atoms with van der Waals surface area (Å²) in [4.78, 5) is 11.7. The lowest BCUT2D eigenvalue weighted by atomic mass is 10.1. The Balaban J connectivity index is 2.35. The number of amides is 1. The minimum absolute atomic E-state index is 0.0213. The normalized spacial score (nSPS) is 13.5. The maximum atomic E-state index is 11.7. The van der Waals surface area contributed by atoms with Crippen molar-refractivity contribution in [2.75, 3.05) is 0 Å². The molecular weight excluding hydrogens is 206 g/mol. The van der Waals surface area contributed by atoms with Crippen LogP contribution in [-0.4, -0.2) is 22.6 Å². The molecule has 16 heavy (non-hydrogen) atoms. The standard InChI is InChI=1S/C11H19N3O2/c1-8(10(15)14-11(2,3)4)12-7-9-5-6-13-16-9/h5-6,8,12H,7H2,1-4H3,(H,14,15). The highest BCUT2D eigenvalue weighted by Gasteiger charge is 2.18. The second-order valence-corrected chi connectivity index (χ2v) is 4.82. The Morgan fingerprint density at radius 2 is 2.25 bits per heavy atom. The van der Waals surface area contributed by atoms with Gasteiger partial charge in [0.2, 0.25) is 5.91 Å². The number of nitrogens with zero attached hydrogens (tertiary/aromatic N) is 1. The van der Waals surface area contributed by atoms with Gasteiger partial charge in [0.15, 0.2) is 0 Å². The van der Waals surface area contributed by atoms with Gasteiger partial charge in [0.1, 0.15) is 5.76 Å². The van der Waals surface area contributed by atoms with Crippen LogP contribution in [0.25, 0.3) is 0 Å². The Morgan fingerprint density at radius 1 is 1.56 bits per heavy atom. The van der Waals surface area contributed by atoms with E-state index < -0.39 is 0 Å². The zero-order valence-electron chi connectivity index (χ0n) is 10.2. The summed E-state index contributed by atoms with van der Waals surface area (Å²) in [7, 11) is 0. The monoisotopic (exact) mass is 225 g/mol. The highest BCUT2D eigenvalue weighted by Crippen LogP contribution is 2.00. The van der Waals surface area contributed by atoms with E-state index in [2.05, 4.69) is 15.8 Å². The molecule has 2 N–H and O–H groups in total. The van der Waals surface area contributed by atoms with Crippen LogP contribution in [0, 0.1) is 0 Å². The number of aromatic nitrogens is 1. The maximum Gasteiger partial charge on any atom is 0.237 e. The number of rotatable bonds is 4. The molecule has 0 aliphatic carbocycles. The Hall–Kier alpha value is -1.36. The smallest absolute Gasteiger partial charge is 0.237 e. The molecule has 0 saturated heterocycles. The van der Waals surface area contributed by atoms with Gasteiger partial charge in [-0.05, 0) is 27.7 Å². The number of carbonyl (C=O) groups excluding carboxylic acids is 1. The number of nitrogens with one attached hydrogen (secondary N) is 2. The molecule has 5 nitrogen and oxygen atoms in total. The van der Waals surface area contributed by atoms with E-state index in [0.717, 1.165) is 5.76 Å². The molecule has 1 aromatic rings. The van der Waals surface area contributed by atoms with Crippen LogP contribution in [0.1, 0.15) is 33.5 Å². The lowest BCUT2D eigenvalue weighted by Crippen LogP contribution is -2.49. The summed E-state index contributed by atoms with van der Waals surface area (Å²) in [5, 5.41) is 9.55. The van der Waals surface area contributed by atoms with E-state index >= 15 is 0 Å². The third kappa shape index (κ3) is 4.44. The molecule has 0 aliphatic heterocycles. The molecule has 1 aromatic heterocycles. The van der Waals surface area contributed by atoms with Crippen LogP contribution in [0.15, 0.2) is 16.8 Å². The molecule has 1 atom stereocenters. The topological polar surface area (TPSA) is 67.2 Å². The van der Waals surface area contributed by atoms with Crippen molar-refractivity contribution in [2.45, 2.75) is 45.8 Å². The Morgan fingerprint density at radius 3 is 2.75 bits per heavy atom. The minimum Gasteiger partial charge on any atom is -0.360 e. The average Bonchev–Trinajstić information content (AvgIpc) is 2.63. The van der Waals surface area contributed by atoms with Gasteiger partial charge >= 0.3 is 0 Å². The molecule has 0 aromatic carbocycles. The zero-order valence-corrected chi connectivity index (χ0v) is 10.2. The molecule has 1 unspecified atom stereocenters. The summed E-state index contributed by atoms with van der Waals surface area (Å²) in [6.45, 7) is 8.17. The van der Waals surface area contributed by atoms with Crippen molar-refractivity contribution in [3.63, 3.8) is 0 Å². The van der Waals surface area contributed by atoms with Gasteiger partial charge < -0.3 is 9.84 Å². The molecule has 0 aliphatic rings. The molecule has 0 radical (unpaired) electrons. The van der Waals surface area contributed by atoms with Gasteiger partial charge in [0, 0.05) is 11.6 Å². The number of hydrogen-bond acceptors (Lipinski definition) is 4. The minimum atomic E-state index is -0.260. The van der Waals surface area contributed by atoms with Crippen LogP contribution in [0.3, 0.4) is 0 Å². The maximum absolute atomic E-state index is 11.7. The van der Waals surface area contributed by atoms with Crippen LogP contribution >= 0.6 is 0 Å². The first-order valence-corrected chi connectivity index (χ1v) is 5.33. The highest BCUT2D eigenvalue weighted by atomic mass is 16.5. The average molecular weight is 225 g/mol. The molecule has 1 rings (SSSR count). The quantitative estimate of drug-likeness (QED) is 0.804. The molecular formula is C11H19N3O2. The predicted molar refractivity (Wildman–Crippen MR) is 60.7 cm³/mol. The Bertz CT molecular complexity index is 327. The van der Waals surface area contributed by atoms with Gasteiger partial charge in [-0.15, -0.1) is 0 Å². The number of carbonyl (C=O) groups is 1. The fraction of sp³-hybridized carbons (Fsp3) is 0.636. The molecule has 1 amide bonds. The summed E-state index contributed by atoms with van der Waals surface area (Å²) in [6.07, 6.45) is 1.58. The lowest BCUT2D eigenvalue weighted by molar-refractivity contribution is -0.124. The SMILES string of the molecule is CC(NCc1ccno1)C(=O)NC(C)(C)C. The summed E-state index contributed by atoms with van der Waals surface area (Å²) >= 11 is 0. The van der Waals surface area contributed by atoms with Crippen molar-refractivity contribution in [1.29, 1.82) is 0 Å². The van der Waals surface area contributed by atoms with E-state index in [0.29, 0.717) is 6.54 Å². The predicted octanol–water partition coefficient (Wildman–Crippen LogP) is 1.07. The summed E-state index contributed by atoms with van der Waals surface area (Å²) < 4.78 is 4.92. The van der Waals surface area contributed by atoms with Crippen LogP contribution in [-0.2, 0) is 11.3 Å². The molecule has 0 spiro atoms. The lowest BCUT2D eigenvalue weighted by Gasteiger charge is -2.23. The van der Waals surface area contributed by atoms with E-state index in [1.807, 2.05) is 27.7 Å². The molecule has 0 saturated carbocycles. The first-order chi connectivity index (χ1) is 7.38. The first kappa shape index (κ1) is 12.7. The van der Waals surface area contributed by atoms with Crippen molar-refractivity contribution < 1.29 is 9.32 Å². The zero-order chi connectivity index (χ0) is 12.2. The molecule has 5 heteroatoms. The van der Waals surface area contributed by atoms with Gasteiger partial charge in [0.05, 0.1) is 18.8 Å². The van der Waals surface area contributed by atoms with Gasteiger partial charge in [-0.2, -0.15) is 0 Å². The Kier molecular flexibility index (Phi) is 4.06. The molecule has 0 bridgehead atoms. The summed E-state index contributed by atoms with van der Waals surface area (Å²) in [5.41, 5.74) is -0.209. The van der Waals surface area contributed by atoms with Crippen LogP contribution in [0.5, 0.6) is 0 Å². The fourth-order valence-electron chi connectivity index (χ4n) is 1.16. The van der Waals surface area contributed by atoms with Crippen molar-refractivity contribution in [3.8, 4) is 0 Å². The summed E-state index contributed by atoms with van der Waals surface area (Å²) in [5.74, 6) is 0.697. The van der Waals surface area contributed by atoms with E-state index in [4.69, 9.17) is 4.52 Å². The van der Waals surface area contributed by atoms with Gasteiger partial charge in [-0.3, -0.25) is 10.1 Å². The van der Waals surface area contributed by atoms with Gasteiger partial charge in [-0.25, -0.2) is 0 Å². The largest absolute Gasteiger partial charge is 0.360 e. The second kappa shape index (κ2) is 5.12. The van der Waals surface area contributed by atoms with Crippen LogP contribution in [0.4, 0.5) is 0 Å². The Labute approximate surface area is 95.6 Å². The highest BCUT2D eigenvalue weighted by molar-refractivity contribution is 5.81. The van der Waals surface area contributed by atoms with E-state index in [9.17, 15) is 4.79 Å². The fourth-order valence-corrected chi connectivity index (χ4v) is 1.16. The van der Waals surface area contributed by atoms with Gasteiger partial charge in [-0.1, -0.05) is 5.16 Å². The third-order valence-electron chi connectivity index (χ3n) is 1.97. The van der Waals surface area contributed by atoms with E-state index in [-0.39, 0.29) is 17.5 Å². The van der Waals surface area contributed by atoms with Crippen molar-refractivity contribution in [3.05, 3.63) is 18.0 Å². The van der Waals surface area contributed by atoms with Crippen molar-refractivity contribution >= 4 is 5.91 Å². The number of hydrogen-bond donors (Lipinski definition) is 2. The molecule has 1 heterocycles. The van der Waals surface area contributed by atoms with Crippen molar-refractivity contribution in [2.24, 2.45) is 0 Å². The van der Waals surface area contributed by atoms with Crippen LogP contribution < -0.4 is 10.6 Å². The summed E-state index contributed by atoms with van der Waals surface area (Å²) in [6, 6.07) is 1.51. The molecule has 90 valence electrons. The van der Waals surface area contributed by atoms with E-state index in [1.165, 1.54) is 0 Å². The molecule has 0 fully saturated rings. The van der Waals surface area contributed by atoms with Crippen LogP contribution in [0.2, 0.25) is 0 Å². The van der Waals surface area contributed by atoms with E-state index in [1.54, 1.807) is 12.3 Å². The van der Waals surface area contributed by atoms with Crippen molar-refractivity contribution in [1.82, 2.24) is 15.8 Å². The van der Waals surface area contributed by atoms with Gasteiger partial charge in [0.25, 0.3) is 0 Å².